The fourth-order valence-corrected chi connectivity index (χ4v) is 1.94. The van der Waals surface area contributed by atoms with Crippen LogP contribution in [0.15, 0.2) is 28.8 Å². The van der Waals surface area contributed by atoms with E-state index in [1.807, 2.05) is 32.0 Å². The number of anilines is 1. The van der Waals surface area contributed by atoms with Crippen molar-refractivity contribution >= 4 is 17.6 Å². The maximum atomic E-state index is 12.2. The topological polar surface area (TPSA) is 83.6 Å². The van der Waals surface area contributed by atoms with E-state index >= 15 is 0 Å². The Labute approximate surface area is 115 Å². The Morgan fingerprint density at radius 1 is 1.25 bits per heavy atom. The van der Waals surface area contributed by atoms with Crippen molar-refractivity contribution in [2.24, 2.45) is 0 Å². The van der Waals surface area contributed by atoms with E-state index in [1.165, 1.54) is 4.90 Å². The minimum atomic E-state index is -1.26. The molecule has 1 aromatic heterocycles. The second-order valence-electron chi connectivity index (χ2n) is 4.54. The normalized spacial score (nSPS) is 10.3. The van der Waals surface area contributed by atoms with Gasteiger partial charge in [0.15, 0.2) is 5.69 Å². The molecule has 0 saturated carbocycles. The minimum Gasteiger partial charge on any atom is -0.475 e. The molecule has 0 unspecified atom stereocenters. The number of carboxylic acids is 1. The van der Waals surface area contributed by atoms with E-state index in [-0.39, 0.29) is 11.5 Å². The smallest absolute Gasteiger partial charge is 0.374 e. The van der Waals surface area contributed by atoms with Crippen LogP contribution in [0, 0.1) is 13.8 Å². The van der Waals surface area contributed by atoms with Crippen molar-refractivity contribution in [2.75, 3.05) is 11.9 Å². The SMILES string of the molecule is Cc1ccc(N(C)C(=O)c2cc(C(=O)O)on2)c(C)c1. The number of aromatic nitrogens is 1. The quantitative estimate of drug-likeness (QED) is 0.928. The lowest BCUT2D eigenvalue weighted by molar-refractivity contribution is 0.0651. The number of aryl methyl sites for hydroxylation is 2. The molecular weight excluding hydrogens is 260 g/mol. The summed E-state index contributed by atoms with van der Waals surface area (Å²) in [4.78, 5) is 24.4. The van der Waals surface area contributed by atoms with E-state index in [0.29, 0.717) is 0 Å². The first-order chi connectivity index (χ1) is 9.40. The fourth-order valence-electron chi connectivity index (χ4n) is 1.94. The molecule has 2 aromatic rings. The molecule has 0 saturated heterocycles. The van der Waals surface area contributed by atoms with Crippen LogP contribution in [0.3, 0.4) is 0 Å². The lowest BCUT2D eigenvalue weighted by atomic mass is 10.1. The van der Waals surface area contributed by atoms with Gasteiger partial charge in [-0.2, -0.15) is 0 Å². The predicted octanol–water partition coefficient (Wildman–Crippen LogP) is 2.27. The minimum absolute atomic E-state index is 0.0372. The van der Waals surface area contributed by atoms with Crippen LogP contribution in [0.25, 0.3) is 0 Å². The van der Waals surface area contributed by atoms with E-state index in [2.05, 4.69) is 9.68 Å². The van der Waals surface area contributed by atoms with Crippen molar-refractivity contribution in [3.63, 3.8) is 0 Å². The van der Waals surface area contributed by atoms with Gasteiger partial charge in [0.1, 0.15) is 0 Å². The van der Waals surface area contributed by atoms with E-state index in [9.17, 15) is 9.59 Å². The van der Waals surface area contributed by atoms with Crippen LogP contribution in [-0.2, 0) is 0 Å². The summed E-state index contributed by atoms with van der Waals surface area (Å²) in [6, 6.07) is 6.81. The van der Waals surface area contributed by atoms with Crippen molar-refractivity contribution in [2.45, 2.75) is 13.8 Å². The Hall–Kier alpha value is -2.63. The van der Waals surface area contributed by atoms with Gasteiger partial charge in [0.25, 0.3) is 5.91 Å². The van der Waals surface area contributed by atoms with Gasteiger partial charge in [-0.25, -0.2) is 4.79 Å². The Morgan fingerprint density at radius 2 is 1.95 bits per heavy atom. The van der Waals surface area contributed by atoms with Crippen LogP contribution in [-0.4, -0.2) is 29.2 Å². The summed E-state index contributed by atoms with van der Waals surface area (Å²) in [5.41, 5.74) is 2.75. The summed E-state index contributed by atoms with van der Waals surface area (Å²) in [6.07, 6.45) is 0. The van der Waals surface area contributed by atoms with Crippen LogP contribution in [0.1, 0.15) is 32.2 Å². The zero-order valence-electron chi connectivity index (χ0n) is 11.4. The third-order valence-corrected chi connectivity index (χ3v) is 2.96. The Bertz CT molecular complexity index is 676. The van der Waals surface area contributed by atoms with Crippen LogP contribution in [0.2, 0.25) is 0 Å². The van der Waals surface area contributed by atoms with Crippen molar-refractivity contribution in [1.82, 2.24) is 5.16 Å². The lowest BCUT2D eigenvalue weighted by Crippen LogP contribution is -2.27. The van der Waals surface area contributed by atoms with Crippen LogP contribution in [0.5, 0.6) is 0 Å². The molecule has 1 aromatic carbocycles. The molecule has 0 aliphatic heterocycles. The van der Waals surface area contributed by atoms with Crippen LogP contribution >= 0.6 is 0 Å². The summed E-state index contributed by atoms with van der Waals surface area (Å²) in [5.74, 6) is -2.04. The zero-order chi connectivity index (χ0) is 14.9. The van der Waals surface area contributed by atoms with Gasteiger partial charge in [-0.05, 0) is 25.5 Å². The molecule has 0 aliphatic carbocycles. The van der Waals surface area contributed by atoms with Crippen molar-refractivity contribution in [3.8, 4) is 0 Å². The number of benzene rings is 1. The van der Waals surface area contributed by atoms with Gasteiger partial charge in [0.2, 0.25) is 5.76 Å². The standard InChI is InChI=1S/C14H14N2O4/c1-8-4-5-11(9(2)6-8)16(3)13(17)10-7-12(14(18)19)20-15-10/h4-7H,1-3H3,(H,18,19). The summed E-state index contributed by atoms with van der Waals surface area (Å²) >= 11 is 0. The highest BCUT2D eigenvalue weighted by molar-refractivity contribution is 6.05. The zero-order valence-corrected chi connectivity index (χ0v) is 11.4. The third-order valence-electron chi connectivity index (χ3n) is 2.96. The fraction of sp³-hybridized carbons (Fsp3) is 0.214. The highest BCUT2D eigenvalue weighted by Gasteiger charge is 2.21. The number of amides is 1. The van der Waals surface area contributed by atoms with E-state index in [4.69, 9.17) is 5.11 Å². The lowest BCUT2D eigenvalue weighted by Gasteiger charge is -2.18. The Morgan fingerprint density at radius 3 is 2.50 bits per heavy atom. The van der Waals surface area contributed by atoms with Gasteiger partial charge in [-0.1, -0.05) is 22.9 Å². The number of aromatic carboxylic acids is 1. The van der Waals surface area contributed by atoms with Crippen molar-refractivity contribution in [1.29, 1.82) is 0 Å². The first-order valence-electron chi connectivity index (χ1n) is 5.95. The number of carboxylic acid groups (broad SMARTS) is 1. The van der Waals surface area contributed by atoms with Gasteiger partial charge in [0, 0.05) is 18.8 Å². The molecule has 0 radical (unpaired) electrons. The Kier molecular flexibility index (Phi) is 3.56. The molecule has 104 valence electrons. The summed E-state index contributed by atoms with van der Waals surface area (Å²) < 4.78 is 4.59. The molecule has 0 spiro atoms. The average molecular weight is 274 g/mol. The molecule has 6 heteroatoms. The molecule has 0 fully saturated rings. The maximum absolute atomic E-state index is 12.2. The average Bonchev–Trinajstić information content (AvgIpc) is 2.87. The van der Waals surface area contributed by atoms with Gasteiger partial charge in [-0.15, -0.1) is 0 Å². The second-order valence-corrected chi connectivity index (χ2v) is 4.54. The first-order valence-corrected chi connectivity index (χ1v) is 5.95. The second kappa shape index (κ2) is 5.16. The molecule has 6 nitrogen and oxygen atoms in total. The molecular formula is C14H14N2O4. The summed E-state index contributed by atoms with van der Waals surface area (Å²) in [5, 5.41) is 12.2. The molecule has 0 atom stereocenters. The number of hydrogen-bond acceptors (Lipinski definition) is 4. The van der Waals surface area contributed by atoms with Gasteiger partial charge < -0.3 is 14.5 Å². The van der Waals surface area contributed by atoms with Crippen LogP contribution < -0.4 is 4.90 Å². The van der Waals surface area contributed by atoms with Gasteiger partial charge in [-0.3, -0.25) is 4.79 Å². The predicted molar refractivity (Wildman–Crippen MR) is 72.1 cm³/mol. The first kappa shape index (κ1) is 13.8. The number of hydrogen-bond donors (Lipinski definition) is 1. The number of rotatable bonds is 3. The molecule has 2 rings (SSSR count). The maximum Gasteiger partial charge on any atom is 0.374 e. The van der Waals surface area contributed by atoms with Crippen LogP contribution in [0.4, 0.5) is 5.69 Å². The summed E-state index contributed by atoms with van der Waals surface area (Å²) in [6.45, 7) is 3.87. The van der Waals surface area contributed by atoms with E-state index in [0.717, 1.165) is 22.9 Å². The van der Waals surface area contributed by atoms with Gasteiger partial charge >= 0.3 is 5.97 Å². The highest BCUT2D eigenvalue weighted by Crippen LogP contribution is 2.21. The largest absolute Gasteiger partial charge is 0.475 e. The van der Waals surface area contributed by atoms with Crippen molar-refractivity contribution < 1.29 is 19.2 Å². The van der Waals surface area contributed by atoms with E-state index in [1.54, 1.807) is 7.05 Å². The molecule has 0 bridgehead atoms. The Balaban J connectivity index is 2.29. The number of carbonyl (C=O) groups excluding carboxylic acids is 1. The summed E-state index contributed by atoms with van der Waals surface area (Å²) in [7, 11) is 1.61. The molecule has 1 heterocycles. The molecule has 20 heavy (non-hydrogen) atoms. The van der Waals surface area contributed by atoms with E-state index < -0.39 is 11.9 Å². The number of nitrogens with zero attached hydrogens (tertiary/aromatic N) is 2. The number of carbonyl (C=O) groups is 2. The van der Waals surface area contributed by atoms with Gasteiger partial charge in [0.05, 0.1) is 0 Å². The molecule has 1 N–H and O–H groups in total. The molecule has 0 aliphatic rings. The monoisotopic (exact) mass is 274 g/mol. The highest BCUT2D eigenvalue weighted by atomic mass is 16.5. The van der Waals surface area contributed by atoms with Crippen molar-refractivity contribution in [3.05, 3.63) is 46.8 Å². The molecule has 1 amide bonds. The third kappa shape index (κ3) is 2.54.